The van der Waals surface area contributed by atoms with E-state index in [9.17, 15) is 0 Å². The lowest BCUT2D eigenvalue weighted by molar-refractivity contribution is -0.0661. The maximum absolute atomic E-state index is 15.5. The van der Waals surface area contributed by atoms with Gasteiger partial charge in [-0.25, -0.2) is 9.97 Å². The fraction of sp³-hybridized carbons (Fsp3) is 0.682. The van der Waals surface area contributed by atoms with Crippen LogP contribution in [-0.2, 0) is 4.74 Å². The molecule has 0 bridgehead atoms. The first kappa shape index (κ1) is 20.6. The molecule has 2 N–H and O–H groups in total. The average molecular weight is 430 g/mol. The van der Waals surface area contributed by atoms with Crippen molar-refractivity contribution in [2.24, 2.45) is 0 Å². The van der Waals surface area contributed by atoms with Crippen molar-refractivity contribution in [2.75, 3.05) is 49.6 Å². The van der Waals surface area contributed by atoms with E-state index < -0.39 is 5.82 Å². The Morgan fingerprint density at radius 2 is 1.87 bits per heavy atom. The first-order valence-corrected chi connectivity index (χ1v) is 11.5. The molecule has 9 heteroatoms. The summed E-state index contributed by atoms with van der Waals surface area (Å²) in [4.78, 5) is 13.6. The topological polar surface area (TPSA) is 82.2 Å². The SMILES string of the molecule is CC(C)c1nc(Nc2cc(C3CCCC3)[nH]n2)c(F)c(N2CCN(C3COC3)CC2)n1. The van der Waals surface area contributed by atoms with E-state index in [1.54, 1.807) is 0 Å². The van der Waals surface area contributed by atoms with E-state index in [0.717, 1.165) is 45.1 Å². The monoisotopic (exact) mass is 429 g/mol. The Morgan fingerprint density at radius 3 is 2.52 bits per heavy atom. The minimum absolute atomic E-state index is 0.0987. The van der Waals surface area contributed by atoms with Gasteiger partial charge in [-0.15, -0.1) is 0 Å². The summed E-state index contributed by atoms with van der Waals surface area (Å²) in [5.41, 5.74) is 1.12. The molecule has 2 aliphatic heterocycles. The molecular formula is C22H32FN7O. The van der Waals surface area contributed by atoms with E-state index >= 15 is 4.39 Å². The third-order valence-electron chi connectivity index (χ3n) is 6.76. The second kappa shape index (κ2) is 8.70. The zero-order chi connectivity index (χ0) is 21.4. The number of hydrogen-bond acceptors (Lipinski definition) is 7. The van der Waals surface area contributed by atoms with Crippen LogP contribution in [0.1, 0.15) is 62.9 Å². The van der Waals surface area contributed by atoms with Crippen LogP contribution in [0.5, 0.6) is 0 Å². The van der Waals surface area contributed by atoms with Crippen molar-refractivity contribution in [1.29, 1.82) is 0 Å². The quantitative estimate of drug-likeness (QED) is 0.728. The summed E-state index contributed by atoms with van der Waals surface area (Å²) in [5, 5.41) is 10.6. The predicted octanol–water partition coefficient (Wildman–Crippen LogP) is 3.38. The summed E-state index contributed by atoms with van der Waals surface area (Å²) >= 11 is 0. The molecule has 4 heterocycles. The van der Waals surface area contributed by atoms with Crippen LogP contribution >= 0.6 is 0 Å². The van der Waals surface area contributed by atoms with Crippen molar-refractivity contribution in [2.45, 2.75) is 57.4 Å². The van der Waals surface area contributed by atoms with Gasteiger partial charge in [-0.2, -0.15) is 9.49 Å². The maximum atomic E-state index is 15.5. The summed E-state index contributed by atoms with van der Waals surface area (Å²) < 4.78 is 20.8. The van der Waals surface area contributed by atoms with Gasteiger partial charge in [0, 0.05) is 49.8 Å². The van der Waals surface area contributed by atoms with E-state index in [0.29, 0.717) is 29.4 Å². The van der Waals surface area contributed by atoms with Crippen LogP contribution in [0.3, 0.4) is 0 Å². The highest BCUT2D eigenvalue weighted by Crippen LogP contribution is 2.34. The molecule has 0 atom stereocenters. The molecule has 1 saturated carbocycles. The third kappa shape index (κ3) is 4.25. The maximum Gasteiger partial charge on any atom is 0.208 e. The molecule has 0 aromatic carbocycles. The molecule has 2 saturated heterocycles. The Kier molecular flexibility index (Phi) is 5.79. The number of anilines is 3. The number of aromatic nitrogens is 4. The van der Waals surface area contributed by atoms with Gasteiger partial charge >= 0.3 is 0 Å². The van der Waals surface area contributed by atoms with Crippen molar-refractivity contribution < 1.29 is 9.13 Å². The summed E-state index contributed by atoms with van der Waals surface area (Å²) in [6.45, 7) is 8.94. The first-order valence-electron chi connectivity index (χ1n) is 11.5. The van der Waals surface area contributed by atoms with Crippen LogP contribution in [0.2, 0.25) is 0 Å². The lowest BCUT2D eigenvalue weighted by Crippen LogP contribution is -2.56. The Hall–Kier alpha value is -2.26. The number of aromatic amines is 1. The molecule has 0 spiro atoms. The van der Waals surface area contributed by atoms with Crippen molar-refractivity contribution in [1.82, 2.24) is 25.1 Å². The molecule has 3 aliphatic rings. The van der Waals surface area contributed by atoms with Gasteiger partial charge in [0.05, 0.1) is 19.3 Å². The van der Waals surface area contributed by atoms with Crippen molar-refractivity contribution in [3.05, 3.63) is 23.4 Å². The van der Waals surface area contributed by atoms with Gasteiger partial charge in [0.15, 0.2) is 17.5 Å². The van der Waals surface area contributed by atoms with Gasteiger partial charge in [0.1, 0.15) is 5.82 Å². The number of nitrogens with zero attached hydrogens (tertiary/aromatic N) is 5. The van der Waals surface area contributed by atoms with Crippen LogP contribution < -0.4 is 10.2 Å². The van der Waals surface area contributed by atoms with Gasteiger partial charge in [-0.05, 0) is 12.8 Å². The first-order chi connectivity index (χ1) is 15.1. The molecule has 3 fully saturated rings. The lowest BCUT2D eigenvalue weighted by atomic mass is 10.0. The highest BCUT2D eigenvalue weighted by Gasteiger charge is 2.31. The number of hydrogen-bond donors (Lipinski definition) is 2. The van der Waals surface area contributed by atoms with Crippen LogP contribution in [0.15, 0.2) is 6.07 Å². The average Bonchev–Trinajstić information content (AvgIpc) is 3.40. The summed E-state index contributed by atoms with van der Waals surface area (Å²) in [5.74, 6) is 2.05. The van der Waals surface area contributed by atoms with Crippen LogP contribution in [0.25, 0.3) is 0 Å². The van der Waals surface area contributed by atoms with E-state index in [-0.39, 0.29) is 11.7 Å². The van der Waals surface area contributed by atoms with E-state index in [1.807, 2.05) is 24.8 Å². The molecule has 2 aromatic heterocycles. The summed E-state index contributed by atoms with van der Waals surface area (Å²) in [6, 6.07) is 2.50. The second-order valence-corrected chi connectivity index (χ2v) is 9.25. The van der Waals surface area contributed by atoms with Crippen molar-refractivity contribution in [3.63, 3.8) is 0 Å². The van der Waals surface area contributed by atoms with Gasteiger partial charge in [-0.1, -0.05) is 26.7 Å². The van der Waals surface area contributed by atoms with Gasteiger partial charge in [0.2, 0.25) is 5.82 Å². The Labute approximate surface area is 182 Å². The fourth-order valence-corrected chi connectivity index (χ4v) is 4.70. The minimum atomic E-state index is -0.407. The Balaban J connectivity index is 1.35. The van der Waals surface area contributed by atoms with E-state index in [1.165, 1.54) is 25.7 Å². The molecule has 8 nitrogen and oxygen atoms in total. The molecule has 5 rings (SSSR count). The number of ether oxygens (including phenoxy) is 1. The Bertz CT molecular complexity index is 899. The van der Waals surface area contributed by atoms with Gasteiger partial charge < -0.3 is 15.0 Å². The highest BCUT2D eigenvalue weighted by atomic mass is 19.1. The summed E-state index contributed by atoms with van der Waals surface area (Å²) in [6.07, 6.45) is 4.89. The molecule has 168 valence electrons. The molecule has 0 radical (unpaired) electrons. The normalized spacial score (nSPS) is 21.1. The number of H-pyrrole nitrogens is 1. The number of rotatable bonds is 6. The highest BCUT2D eigenvalue weighted by molar-refractivity contribution is 5.59. The smallest absolute Gasteiger partial charge is 0.208 e. The standard InChI is InChI=1S/C22H32FN7O/c1-14(2)20-25-21(24-18-11-17(27-28-18)15-5-3-4-6-15)19(23)22(26-20)30-9-7-29(8-10-30)16-12-31-13-16/h11,14-16H,3-10,12-13H2,1-2H3,(H2,24,25,26,27,28). The van der Waals surface area contributed by atoms with Gasteiger partial charge in [0.25, 0.3) is 0 Å². The molecule has 0 unspecified atom stereocenters. The zero-order valence-corrected chi connectivity index (χ0v) is 18.4. The van der Waals surface area contributed by atoms with E-state index in [2.05, 4.69) is 30.4 Å². The molecule has 1 aliphatic carbocycles. The van der Waals surface area contributed by atoms with Crippen molar-refractivity contribution >= 4 is 17.5 Å². The molecule has 0 amide bonds. The minimum Gasteiger partial charge on any atom is -0.378 e. The molecule has 31 heavy (non-hydrogen) atoms. The molecule has 2 aromatic rings. The third-order valence-corrected chi connectivity index (χ3v) is 6.76. The predicted molar refractivity (Wildman–Crippen MR) is 118 cm³/mol. The van der Waals surface area contributed by atoms with Crippen LogP contribution in [0.4, 0.5) is 21.8 Å². The Morgan fingerprint density at radius 1 is 1.13 bits per heavy atom. The second-order valence-electron chi connectivity index (χ2n) is 9.25. The number of halogens is 1. The molecular weight excluding hydrogens is 397 g/mol. The number of nitrogens with one attached hydrogen (secondary N) is 2. The summed E-state index contributed by atoms with van der Waals surface area (Å²) in [7, 11) is 0. The van der Waals surface area contributed by atoms with Gasteiger partial charge in [-0.3, -0.25) is 10.00 Å². The largest absolute Gasteiger partial charge is 0.378 e. The van der Waals surface area contributed by atoms with Crippen molar-refractivity contribution in [3.8, 4) is 0 Å². The lowest BCUT2D eigenvalue weighted by Gasteiger charge is -2.43. The fourth-order valence-electron chi connectivity index (χ4n) is 4.70. The zero-order valence-electron chi connectivity index (χ0n) is 18.4. The number of piperazine rings is 1. The van der Waals surface area contributed by atoms with Crippen LogP contribution in [-0.4, -0.2) is 70.5 Å². The van der Waals surface area contributed by atoms with Crippen LogP contribution in [0, 0.1) is 5.82 Å². The van der Waals surface area contributed by atoms with E-state index in [4.69, 9.17) is 4.74 Å².